The number of carbonyl (C=O) groups is 2. The van der Waals surface area contributed by atoms with Crippen molar-refractivity contribution in [3.8, 4) is 0 Å². The highest BCUT2D eigenvalue weighted by Crippen LogP contribution is 2.11. The van der Waals surface area contributed by atoms with Gasteiger partial charge in [-0.05, 0) is 12.1 Å². The molecule has 0 aliphatic carbocycles. The molecule has 0 atom stereocenters. The standard InChI is InChI=1S/C9H11ClN4O2/c10-6-3-5(4-7(11)14-6)9(16)13-2-1-8(12)15/h3-4H,1-2H2,(H2,11,14)(H2,12,15)(H,13,16). The summed E-state index contributed by atoms with van der Waals surface area (Å²) >= 11 is 5.63. The number of primary amides is 1. The number of nitrogens with one attached hydrogen (secondary N) is 1. The van der Waals surface area contributed by atoms with Gasteiger partial charge in [-0.25, -0.2) is 4.98 Å². The van der Waals surface area contributed by atoms with E-state index in [1.165, 1.54) is 12.1 Å². The fourth-order valence-corrected chi connectivity index (χ4v) is 1.26. The molecule has 2 amide bonds. The van der Waals surface area contributed by atoms with Crippen LogP contribution in [0.1, 0.15) is 16.8 Å². The number of amides is 2. The minimum absolute atomic E-state index is 0.0834. The first-order chi connectivity index (χ1) is 7.49. The Morgan fingerprint density at radius 2 is 2.12 bits per heavy atom. The van der Waals surface area contributed by atoms with Gasteiger partial charge in [0.15, 0.2) is 0 Å². The third-order valence-corrected chi connectivity index (χ3v) is 1.93. The Balaban J connectivity index is 2.62. The number of rotatable bonds is 4. The number of aromatic nitrogens is 1. The maximum atomic E-state index is 11.5. The lowest BCUT2D eigenvalue weighted by molar-refractivity contribution is -0.117. The number of anilines is 1. The summed E-state index contributed by atoms with van der Waals surface area (Å²) in [5, 5.41) is 2.64. The molecule has 16 heavy (non-hydrogen) atoms. The topological polar surface area (TPSA) is 111 Å². The Kier molecular flexibility index (Phi) is 4.07. The quantitative estimate of drug-likeness (QED) is 0.641. The Morgan fingerprint density at radius 3 is 2.69 bits per heavy atom. The number of hydrogen-bond donors (Lipinski definition) is 3. The molecule has 7 heteroatoms. The van der Waals surface area contributed by atoms with Crippen LogP contribution in [0.15, 0.2) is 12.1 Å². The van der Waals surface area contributed by atoms with E-state index in [1.54, 1.807) is 0 Å². The summed E-state index contributed by atoms with van der Waals surface area (Å²) in [6, 6.07) is 2.78. The molecule has 1 aromatic rings. The van der Waals surface area contributed by atoms with Crippen molar-refractivity contribution in [1.82, 2.24) is 10.3 Å². The van der Waals surface area contributed by atoms with Crippen molar-refractivity contribution in [2.24, 2.45) is 5.73 Å². The largest absolute Gasteiger partial charge is 0.384 e. The molecule has 6 nitrogen and oxygen atoms in total. The minimum Gasteiger partial charge on any atom is -0.384 e. The minimum atomic E-state index is -0.479. The summed E-state index contributed by atoms with van der Waals surface area (Å²) in [6.45, 7) is 0.175. The third-order valence-electron chi connectivity index (χ3n) is 1.73. The smallest absolute Gasteiger partial charge is 0.251 e. The molecule has 0 aliphatic rings. The van der Waals surface area contributed by atoms with Crippen LogP contribution in [0.2, 0.25) is 5.15 Å². The van der Waals surface area contributed by atoms with E-state index in [0.717, 1.165) is 0 Å². The fourth-order valence-electron chi connectivity index (χ4n) is 1.05. The van der Waals surface area contributed by atoms with Gasteiger partial charge in [-0.3, -0.25) is 9.59 Å². The molecule has 1 aromatic heterocycles. The van der Waals surface area contributed by atoms with Crippen molar-refractivity contribution in [3.05, 3.63) is 22.8 Å². The van der Waals surface area contributed by atoms with E-state index in [0.29, 0.717) is 5.56 Å². The maximum Gasteiger partial charge on any atom is 0.251 e. The van der Waals surface area contributed by atoms with Gasteiger partial charge in [0.05, 0.1) is 0 Å². The second-order valence-corrected chi connectivity index (χ2v) is 3.46. The number of carbonyl (C=O) groups excluding carboxylic acids is 2. The molecule has 0 bridgehead atoms. The number of halogens is 1. The van der Waals surface area contributed by atoms with Crippen molar-refractivity contribution >= 4 is 29.2 Å². The van der Waals surface area contributed by atoms with Crippen LogP contribution in [0.3, 0.4) is 0 Å². The van der Waals surface area contributed by atoms with E-state index in [9.17, 15) is 9.59 Å². The van der Waals surface area contributed by atoms with E-state index >= 15 is 0 Å². The number of hydrogen-bond acceptors (Lipinski definition) is 4. The summed E-state index contributed by atoms with van der Waals surface area (Å²) in [6.07, 6.45) is 0.0834. The summed E-state index contributed by atoms with van der Waals surface area (Å²) in [5.41, 5.74) is 10.6. The molecule has 86 valence electrons. The summed E-state index contributed by atoms with van der Waals surface area (Å²) in [4.78, 5) is 25.7. The Morgan fingerprint density at radius 1 is 1.44 bits per heavy atom. The van der Waals surface area contributed by atoms with Gasteiger partial charge in [0, 0.05) is 18.5 Å². The van der Waals surface area contributed by atoms with Crippen LogP contribution in [0, 0.1) is 0 Å². The van der Waals surface area contributed by atoms with E-state index in [4.69, 9.17) is 23.1 Å². The average molecular weight is 243 g/mol. The van der Waals surface area contributed by atoms with Gasteiger partial charge in [-0.1, -0.05) is 11.6 Å². The van der Waals surface area contributed by atoms with Crippen molar-refractivity contribution in [1.29, 1.82) is 0 Å². The normalized spacial score (nSPS) is 9.81. The van der Waals surface area contributed by atoms with Crippen LogP contribution in [0.5, 0.6) is 0 Å². The molecule has 0 fully saturated rings. The van der Waals surface area contributed by atoms with E-state index in [-0.39, 0.29) is 29.8 Å². The van der Waals surface area contributed by atoms with Crippen LogP contribution >= 0.6 is 11.6 Å². The predicted octanol–water partition coefficient (Wildman–Crippen LogP) is -0.0776. The first kappa shape index (κ1) is 12.3. The second kappa shape index (κ2) is 5.32. The van der Waals surface area contributed by atoms with Gasteiger partial charge in [-0.15, -0.1) is 0 Å². The third kappa shape index (κ3) is 3.74. The number of nitrogens with two attached hydrogens (primary N) is 2. The van der Waals surface area contributed by atoms with E-state index in [1.807, 2.05) is 0 Å². The van der Waals surface area contributed by atoms with Gasteiger partial charge < -0.3 is 16.8 Å². The Hall–Kier alpha value is -1.82. The fraction of sp³-hybridized carbons (Fsp3) is 0.222. The molecule has 0 saturated carbocycles. The molecule has 0 aromatic carbocycles. The van der Waals surface area contributed by atoms with E-state index in [2.05, 4.69) is 10.3 Å². The predicted molar refractivity (Wildman–Crippen MR) is 59.8 cm³/mol. The van der Waals surface area contributed by atoms with Gasteiger partial charge in [0.2, 0.25) is 5.91 Å². The van der Waals surface area contributed by atoms with Crippen LogP contribution in [-0.2, 0) is 4.79 Å². The molecule has 0 aliphatic heterocycles. The highest BCUT2D eigenvalue weighted by atomic mass is 35.5. The van der Waals surface area contributed by atoms with Crippen molar-refractivity contribution in [3.63, 3.8) is 0 Å². The summed E-state index contributed by atoms with van der Waals surface area (Å²) < 4.78 is 0. The highest BCUT2D eigenvalue weighted by Gasteiger charge is 2.08. The molecular weight excluding hydrogens is 232 g/mol. The molecule has 1 heterocycles. The maximum absolute atomic E-state index is 11.5. The number of pyridine rings is 1. The lowest BCUT2D eigenvalue weighted by atomic mass is 10.2. The summed E-state index contributed by atoms with van der Waals surface area (Å²) in [5.74, 6) is -0.697. The average Bonchev–Trinajstić information content (AvgIpc) is 2.15. The molecule has 0 spiro atoms. The van der Waals surface area contributed by atoms with Crippen LogP contribution < -0.4 is 16.8 Å². The van der Waals surface area contributed by atoms with Crippen LogP contribution in [-0.4, -0.2) is 23.3 Å². The van der Waals surface area contributed by atoms with Gasteiger partial charge in [0.25, 0.3) is 5.91 Å². The molecule has 5 N–H and O–H groups in total. The van der Waals surface area contributed by atoms with E-state index < -0.39 is 5.91 Å². The van der Waals surface area contributed by atoms with Crippen molar-refractivity contribution in [2.75, 3.05) is 12.3 Å². The van der Waals surface area contributed by atoms with Crippen molar-refractivity contribution in [2.45, 2.75) is 6.42 Å². The molecule has 0 radical (unpaired) electrons. The molecule has 0 saturated heterocycles. The first-order valence-corrected chi connectivity index (χ1v) is 4.86. The second-order valence-electron chi connectivity index (χ2n) is 3.08. The SMILES string of the molecule is NC(=O)CCNC(=O)c1cc(N)nc(Cl)c1. The Bertz CT molecular complexity index is 402. The van der Waals surface area contributed by atoms with Crippen LogP contribution in [0.4, 0.5) is 5.82 Å². The molecule has 0 unspecified atom stereocenters. The van der Waals surface area contributed by atoms with Crippen LogP contribution in [0.25, 0.3) is 0 Å². The monoisotopic (exact) mass is 242 g/mol. The molecular formula is C9H11ClN4O2. The lowest BCUT2D eigenvalue weighted by Crippen LogP contribution is -2.28. The molecule has 1 rings (SSSR count). The van der Waals surface area contributed by atoms with Gasteiger partial charge >= 0.3 is 0 Å². The van der Waals surface area contributed by atoms with Gasteiger partial charge in [0.1, 0.15) is 11.0 Å². The van der Waals surface area contributed by atoms with Gasteiger partial charge in [-0.2, -0.15) is 0 Å². The zero-order chi connectivity index (χ0) is 12.1. The lowest BCUT2D eigenvalue weighted by Gasteiger charge is -2.04. The number of nitrogens with zero attached hydrogens (tertiary/aromatic N) is 1. The Labute approximate surface area is 97.0 Å². The first-order valence-electron chi connectivity index (χ1n) is 4.48. The number of nitrogen functional groups attached to an aromatic ring is 1. The summed E-state index contributed by atoms with van der Waals surface area (Å²) in [7, 11) is 0. The van der Waals surface area contributed by atoms with Crippen molar-refractivity contribution < 1.29 is 9.59 Å². The zero-order valence-corrected chi connectivity index (χ0v) is 9.12. The highest BCUT2D eigenvalue weighted by molar-refractivity contribution is 6.29. The zero-order valence-electron chi connectivity index (χ0n) is 8.37.